The third-order valence-electron chi connectivity index (χ3n) is 3.14. The van der Waals surface area contributed by atoms with Crippen molar-refractivity contribution in [3.63, 3.8) is 0 Å². The summed E-state index contributed by atoms with van der Waals surface area (Å²) in [5.41, 5.74) is 1.87. The Bertz CT molecular complexity index is 804. The minimum absolute atomic E-state index is 0.173. The van der Waals surface area contributed by atoms with Crippen molar-refractivity contribution >= 4 is 0 Å². The molecule has 2 heterocycles. The highest BCUT2D eigenvalue weighted by molar-refractivity contribution is 5.35. The topological polar surface area (TPSA) is 75.0 Å². The van der Waals surface area contributed by atoms with E-state index < -0.39 is 0 Å². The molecule has 0 aliphatic heterocycles. The Balaban J connectivity index is 1.67. The van der Waals surface area contributed by atoms with Gasteiger partial charge >= 0.3 is 6.01 Å². The van der Waals surface area contributed by atoms with Gasteiger partial charge in [0.25, 0.3) is 0 Å². The number of hydrogen-bond donors (Lipinski definition) is 0. The molecule has 0 aliphatic carbocycles. The molecule has 3 aromatic rings. The number of nitrogens with zero attached hydrogens (tertiary/aromatic N) is 5. The predicted octanol–water partition coefficient (Wildman–Crippen LogP) is 2.09. The number of halogens is 1. The van der Waals surface area contributed by atoms with E-state index in [1.165, 1.54) is 25.6 Å². The van der Waals surface area contributed by atoms with Gasteiger partial charge in [0, 0.05) is 0 Å². The zero-order chi connectivity index (χ0) is 16.2. The Kier molecular flexibility index (Phi) is 4.13. The third kappa shape index (κ3) is 3.42. The van der Waals surface area contributed by atoms with E-state index in [4.69, 9.17) is 9.47 Å². The summed E-state index contributed by atoms with van der Waals surface area (Å²) in [5, 5.41) is 8.01. The Morgan fingerprint density at radius 3 is 2.70 bits per heavy atom. The maximum absolute atomic E-state index is 13.3. The van der Waals surface area contributed by atoms with Crippen LogP contribution in [0.15, 0.2) is 36.8 Å². The molecule has 8 heteroatoms. The third-order valence-corrected chi connectivity index (χ3v) is 3.14. The van der Waals surface area contributed by atoms with Crippen LogP contribution >= 0.6 is 0 Å². The average molecular weight is 314 g/mol. The lowest BCUT2D eigenvalue weighted by atomic mass is 10.2. The molecular formula is C15H14FN5O2. The zero-order valence-corrected chi connectivity index (χ0v) is 12.6. The molecule has 0 fully saturated rings. The molecule has 0 spiro atoms. The van der Waals surface area contributed by atoms with Crippen molar-refractivity contribution in [2.75, 3.05) is 7.11 Å². The number of rotatable bonds is 5. The molecule has 1 aromatic carbocycles. The van der Waals surface area contributed by atoms with E-state index in [0.717, 1.165) is 5.69 Å². The summed E-state index contributed by atoms with van der Waals surface area (Å²) in [4.78, 5) is 7.99. The summed E-state index contributed by atoms with van der Waals surface area (Å²) in [6.45, 7) is 1.87. The SMILES string of the molecule is COc1cnc(OCc2cn(-c3ccc([18F])c(C)c3)nn2)nc1. The van der Waals surface area contributed by atoms with Crippen LogP contribution in [-0.4, -0.2) is 32.1 Å². The van der Waals surface area contributed by atoms with Crippen LogP contribution in [0, 0.1) is 12.7 Å². The molecule has 0 N–H and O–H groups in total. The van der Waals surface area contributed by atoms with Gasteiger partial charge < -0.3 is 9.47 Å². The number of methoxy groups -OCH3 is 1. The lowest BCUT2D eigenvalue weighted by Crippen LogP contribution is -2.00. The van der Waals surface area contributed by atoms with E-state index in [1.54, 1.807) is 29.9 Å². The molecule has 23 heavy (non-hydrogen) atoms. The van der Waals surface area contributed by atoms with E-state index >= 15 is 0 Å². The van der Waals surface area contributed by atoms with Crippen LogP contribution in [0.3, 0.4) is 0 Å². The first kappa shape index (κ1) is 14.9. The number of hydrogen-bond acceptors (Lipinski definition) is 6. The van der Waals surface area contributed by atoms with Crippen molar-refractivity contribution in [1.82, 2.24) is 25.0 Å². The van der Waals surface area contributed by atoms with Gasteiger partial charge in [-0.05, 0) is 30.7 Å². The van der Waals surface area contributed by atoms with Gasteiger partial charge in [-0.15, -0.1) is 5.10 Å². The van der Waals surface area contributed by atoms with Crippen LogP contribution in [0.5, 0.6) is 11.8 Å². The first-order chi connectivity index (χ1) is 11.2. The maximum atomic E-state index is 13.3. The Morgan fingerprint density at radius 1 is 1.22 bits per heavy atom. The summed E-state index contributed by atoms with van der Waals surface area (Å²) in [7, 11) is 1.54. The quantitative estimate of drug-likeness (QED) is 0.718. The number of ether oxygens (including phenoxy) is 2. The summed E-state index contributed by atoms with van der Waals surface area (Å²) in [6, 6.07) is 4.95. The highest BCUT2D eigenvalue weighted by atomic mass is 18.2. The minimum Gasteiger partial charge on any atom is -0.494 e. The standard InChI is InChI=1S/C15H14FN5O2/c1-10-5-12(3-4-14(10)16)21-8-11(19-20-21)9-23-15-17-6-13(22-2)7-18-15/h3-8H,9H2,1-2H3/i16-1. The molecule has 7 nitrogen and oxygen atoms in total. The average Bonchev–Trinajstić information content (AvgIpc) is 3.05. The zero-order valence-electron chi connectivity index (χ0n) is 12.6. The molecular weight excluding hydrogens is 300 g/mol. The summed E-state index contributed by atoms with van der Waals surface area (Å²) < 4.78 is 25.2. The summed E-state index contributed by atoms with van der Waals surface area (Å²) in [6.07, 6.45) is 4.73. The van der Waals surface area contributed by atoms with Crippen molar-refractivity contribution in [1.29, 1.82) is 0 Å². The number of aromatic nitrogens is 5. The molecule has 2 aromatic heterocycles. The summed E-state index contributed by atoms with van der Waals surface area (Å²) in [5.74, 6) is 0.295. The van der Waals surface area contributed by atoms with Crippen molar-refractivity contribution < 1.29 is 13.9 Å². The van der Waals surface area contributed by atoms with Gasteiger partial charge in [0.1, 0.15) is 18.1 Å². The highest BCUT2D eigenvalue weighted by Crippen LogP contribution is 2.14. The molecule has 0 saturated heterocycles. The maximum Gasteiger partial charge on any atom is 0.316 e. The molecule has 3 rings (SSSR count). The fourth-order valence-corrected chi connectivity index (χ4v) is 1.88. The van der Waals surface area contributed by atoms with Gasteiger partial charge in [-0.2, -0.15) is 9.97 Å². The molecule has 0 radical (unpaired) electrons. The second-order valence-corrected chi connectivity index (χ2v) is 4.78. The predicted molar refractivity (Wildman–Crippen MR) is 79.0 cm³/mol. The van der Waals surface area contributed by atoms with Gasteiger partial charge in [0.2, 0.25) is 0 Å². The van der Waals surface area contributed by atoms with E-state index in [0.29, 0.717) is 17.0 Å². The van der Waals surface area contributed by atoms with Crippen LogP contribution in [-0.2, 0) is 6.61 Å². The minimum atomic E-state index is -0.255. The van der Waals surface area contributed by atoms with Crippen molar-refractivity contribution in [2.24, 2.45) is 0 Å². The van der Waals surface area contributed by atoms with Crippen molar-refractivity contribution in [3.05, 3.63) is 53.9 Å². The molecule has 0 unspecified atom stereocenters. The second kappa shape index (κ2) is 6.39. The van der Waals surface area contributed by atoms with E-state index in [9.17, 15) is 4.39 Å². The largest absolute Gasteiger partial charge is 0.494 e. The Morgan fingerprint density at radius 2 is 2.00 bits per heavy atom. The molecule has 0 saturated carbocycles. The van der Waals surface area contributed by atoms with Crippen LogP contribution < -0.4 is 9.47 Å². The van der Waals surface area contributed by atoms with Gasteiger partial charge in [-0.3, -0.25) is 0 Å². The van der Waals surface area contributed by atoms with Crippen molar-refractivity contribution in [3.8, 4) is 17.4 Å². The molecule has 0 aliphatic rings. The molecule has 0 bridgehead atoms. The first-order valence-corrected chi connectivity index (χ1v) is 6.82. The second-order valence-electron chi connectivity index (χ2n) is 4.78. The lowest BCUT2D eigenvalue weighted by molar-refractivity contribution is 0.274. The fraction of sp³-hybridized carbons (Fsp3) is 0.200. The van der Waals surface area contributed by atoms with Crippen LogP contribution in [0.2, 0.25) is 0 Å². The Hall–Kier alpha value is -3.03. The summed E-state index contributed by atoms with van der Waals surface area (Å²) >= 11 is 0. The monoisotopic (exact) mass is 314 g/mol. The normalized spacial score (nSPS) is 10.6. The van der Waals surface area contributed by atoms with Crippen LogP contribution in [0.4, 0.5) is 4.39 Å². The van der Waals surface area contributed by atoms with E-state index in [1.807, 2.05) is 0 Å². The highest BCUT2D eigenvalue weighted by Gasteiger charge is 2.07. The van der Waals surface area contributed by atoms with E-state index in [2.05, 4.69) is 20.3 Å². The molecule has 0 amide bonds. The van der Waals surface area contributed by atoms with Crippen molar-refractivity contribution in [2.45, 2.75) is 13.5 Å². The van der Waals surface area contributed by atoms with Crippen LogP contribution in [0.25, 0.3) is 5.69 Å². The van der Waals surface area contributed by atoms with Gasteiger partial charge in [-0.25, -0.2) is 9.07 Å². The fourth-order valence-electron chi connectivity index (χ4n) is 1.88. The number of benzene rings is 1. The van der Waals surface area contributed by atoms with Gasteiger partial charge in [0.05, 0.1) is 31.4 Å². The Labute approximate surface area is 131 Å². The van der Waals surface area contributed by atoms with Gasteiger partial charge in [-0.1, -0.05) is 5.21 Å². The first-order valence-electron chi connectivity index (χ1n) is 6.82. The van der Waals surface area contributed by atoms with Gasteiger partial charge in [0.15, 0.2) is 5.75 Å². The smallest absolute Gasteiger partial charge is 0.316 e. The lowest BCUT2D eigenvalue weighted by Gasteiger charge is -2.03. The van der Waals surface area contributed by atoms with Crippen LogP contribution in [0.1, 0.15) is 11.3 Å². The van der Waals surface area contributed by atoms with E-state index in [-0.39, 0.29) is 18.4 Å². The molecule has 118 valence electrons. The molecule has 0 atom stereocenters. The number of aryl methyl sites for hydroxylation is 1.